The molecule has 2 aliphatic carbocycles. The fraction of sp³-hybridized carbons (Fsp3) is 0.529. The smallest absolute Gasteiger partial charge is 0.326 e. The van der Waals surface area contributed by atoms with Gasteiger partial charge in [-0.05, 0) is 43.6 Å². The first-order chi connectivity index (χ1) is 10.8. The molecule has 0 amide bonds. The Morgan fingerprint density at radius 3 is 2.59 bits per heavy atom. The summed E-state index contributed by atoms with van der Waals surface area (Å²) in [4.78, 5) is 23.3. The summed E-state index contributed by atoms with van der Waals surface area (Å²) < 4.78 is 2.07. The van der Waals surface area contributed by atoms with Gasteiger partial charge in [0.2, 0.25) is 0 Å². The number of nitrogens with zero attached hydrogens (tertiary/aromatic N) is 2. The lowest BCUT2D eigenvalue weighted by Crippen LogP contribution is -2.38. The maximum Gasteiger partial charge on any atom is 0.326 e. The number of hydrogen-bond donors (Lipinski definition) is 2. The zero-order chi connectivity index (χ0) is 14.7. The Labute approximate surface area is 127 Å². The Morgan fingerprint density at radius 2 is 1.86 bits per heavy atom. The van der Waals surface area contributed by atoms with Crippen LogP contribution in [0.1, 0.15) is 44.6 Å². The average molecular weight is 296 g/mol. The Morgan fingerprint density at radius 1 is 1.14 bits per heavy atom. The van der Waals surface area contributed by atoms with Gasteiger partial charge in [-0.25, -0.2) is 9.78 Å². The predicted octanol–water partition coefficient (Wildman–Crippen LogP) is 3.35. The second kappa shape index (κ2) is 4.48. The lowest BCUT2D eigenvalue weighted by Gasteiger charge is -2.43. The van der Waals surface area contributed by atoms with Crippen LogP contribution in [0.3, 0.4) is 0 Å². The first kappa shape index (κ1) is 12.5. The van der Waals surface area contributed by atoms with E-state index in [1.807, 2.05) is 12.3 Å². The van der Waals surface area contributed by atoms with Crippen molar-refractivity contribution in [1.82, 2.24) is 19.5 Å². The normalized spacial score (nSPS) is 28.5. The Kier molecular flexibility index (Phi) is 2.54. The van der Waals surface area contributed by atoms with Gasteiger partial charge in [-0.1, -0.05) is 12.8 Å². The molecule has 114 valence electrons. The van der Waals surface area contributed by atoms with Gasteiger partial charge in [0.05, 0.1) is 17.2 Å². The van der Waals surface area contributed by atoms with Gasteiger partial charge in [0.15, 0.2) is 0 Å². The molecular weight excluding hydrogens is 276 g/mol. The standard InChI is InChI=1S/C17H20N4O/c22-17-20-13-9-19-16-12(7-8-18-16)15(13)21(17)14-10-3-1-4-11(14)6-2-5-10/h7-11,14H,1-6H2,(H,18,19)(H,20,22). The molecule has 3 heterocycles. The van der Waals surface area contributed by atoms with E-state index in [1.54, 1.807) is 6.20 Å². The summed E-state index contributed by atoms with van der Waals surface area (Å²) >= 11 is 0. The number of aromatic amines is 2. The van der Waals surface area contributed by atoms with Crippen molar-refractivity contribution in [3.63, 3.8) is 0 Å². The van der Waals surface area contributed by atoms with Crippen molar-refractivity contribution < 1.29 is 0 Å². The van der Waals surface area contributed by atoms with E-state index >= 15 is 0 Å². The van der Waals surface area contributed by atoms with Crippen molar-refractivity contribution >= 4 is 22.1 Å². The largest absolute Gasteiger partial charge is 0.346 e. The summed E-state index contributed by atoms with van der Waals surface area (Å²) in [7, 11) is 0. The molecule has 0 unspecified atom stereocenters. The molecule has 0 aromatic carbocycles. The maximum atomic E-state index is 12.7. The number of nitrogens with one attached hydrogen (secondary N) is 2. The van der Waals surface area contributed by atoms with Gasteiger partial charge in [0, 0.05) is 17.6 Å². The molecule has 2 fully saturated rings. The molecule has 2 bridgehead atoms. The summed E-state index contributed by atoms with van der Waals surface area (Å²) in [6, 6.07) is 2.40. The quantitative estimate of drug-likeness (QED) is 0.723. The minimum absolute atomic E-state index is 0.0364. The fourth-order valence-corrected chi connectivity index (χ4v) is 4.97. The first-order valence-corrected chi connectivity index (χ1v) is 8.39. The third-order valence-corrected chi connectivity index (χ3v) is 5.82. The first-order valence-electron chi connectivity index (χ1n) is 8.39. The molecule has 0 spiro atoms. The Balaban J connectivity index is 1.81. The van der Waals surface area contributed by atoms with Crippen LogP contribution in [0.2, 0.25) is 0 Å². The van der Waals surface area contributed by atoms with E-state index in [0.29, 0.717) is 17.9 Å². The number of pyridine rings is 1. The maximum absolute atomic E-state index is 12.7. The second-order valence-electron chi connectivity index (χ2n) is 6.93. The minimum atomic E-state index is 0.0364. The third kappa shape index (κ3) is 1.59. The molecule has 2 aliphatic rings. The summed E-state index contributed by atoms with van der Waals surface area (Å²) in [5.41, 5.74) is 2.80. The molecule has 5 rings (SSSR count). The summed E-state index contributed by atoms with van der Waals surface area (Å²) in [5.74, 6) is 1.32. The van der Waals surface area contributed by atoms with Crippen LogP contribution in [0.5, 0.6) is 0 Å². The molecule has 5 heteroatoms. The van der Waals surface area contributed by atoms with Gasteiger partial charge in [0.25, 0.3) is 0 Å². The molecule has 0 aliphatic heterocycles. The van der Waals surface area contributed by atoms with Crippen molar-refractivity contribution in [2.45, 2.75) is 44.6 Å². The van der Waals surface area contributed by atoms with Crippen LogP contribution >= 0.6 is 0 Å². The minimum Gasteiger partial charge on any atom is -0.346 e. The third-order valence-electron chi connectivity index (χ3n) is 5.82. The van der Waals surface area contributed by atoms with Crippen LogP contribution < -0.4 is 5.69 Å². The highest BCUT2D eigenvalue weighted by atomic mass is 16.1. The van der Waals surface area contributed by atoms with Crippen LogP contribution in [-0.4, -0.2) is 19.5 Å². The van der Waals surface area contributed by atoms with E-state index in [-0.39, 0.29) is 5.69 Å². The summed E-state index contributed by atoms with van der Waals surface area (Å²) in [6.07, 6.45) is 11.4. The zero-order valence-corrected chi connectivity index (χ0v) is 12.5. The van der Waals surface area contributed by atoms with Gasteiger partial charge in [0.1, 0.15) is 5.65 Å². The summed E-state index contributed by atoms with van der Waals surface area (Å²) in [6.45, 7) is 0. The number of rotatable bonds is 1. The zero-order valence-electron chi connectivity index (χ0n) is 12.5. The van der Waals surface area contributed by atoms with E-state index in [4.69, 9.17) is 0 Å². The topological polar surface area (TPSA) is 66.5 Å². The lowest BCUT2D eigenvalue weighted by atomic mass is 9.68. The SMILES string of the molecule is O=c1[nH]c2cnc3[nH]ccc3c2n1C1C2CCCC1CCC2. The number of H-pyrrole nitrogens is 2. The van der Waals surface area contributed by atoms with Crippen LogP contribution in [0.25, 0.3) is 22.1 Å². The lowest BCUT2D eigenvalue weighted by molar-refractivity contribution is 0.101. The van der Waals surface area contributed by atoms with E-state index in [1.165, 1.54) is 38.5 Å². The van der Waals surface area contributed by atoms with E-state index in [2.05, 4.69) is 19.5 Å². The van der Waals surface area contributed by atoms with Gasteiger partial charge >= 0.3 is 5.69 Å². The average Bonchev–Trinajstić information content (AvgIpc) is 3.09. The van der Waals surface area contributed by atoms with Crippen molar-refractivity contribution in [3.05, 3.63) is 28.9 Å². The van der Waals surface area contributed by atoms with E-state index in [0.717, 1.165) is 22.1 Å². The number of fused-ring (bicyclic) bond motifs is 5. The van der Waals surface area contributed by atoms with Gasteiger partial charge in [-0.15, -0.1) is 0 Å². The van der Waals surface area contributed by atoms with Crippen LogP contribution in [0, 0.1) is 11.8 Å². The van der Waals surface area contributed by atoms with Gasteiger partial charge in [-0.2, -0.15) is 0 Å². The molecule has 0 atom stereocenters. The number of aromatic nitrogens is 4. The second-order valence-corrected chi connectivity index (χ2v) is 6.93. The van der Waals surface area contributed by atoms with Gasteiger partial charge in [-0.3, -0.25) is 4.57 Å². The fourth-order valence-electron chi connectivity index (χ4n) is 4.97. The predicted molar refractivity (Wildman–Crippen MR) is 85.9 cm³/mol. The van der Waals surface area contributed by atoms with E-state index in [9.17, 15) is 4.79 Å². The highest BCUT2D eigenvalue weighted by Gasteiger charge is 2.39. The summed E-state index contributed by atoms with van der Waals surface area (Å²) in [5, 5.41) is 1.06. The molecule has 2 N–H and O–H groups in total. The van der Waals surface area contributed by atoms with Crippen molar-refractivity contribution in [1.29, 1.82) is 0 Å². The van der Waals surface area contributed by atoms with Crippen LogP contribution in [0.15, 0.2) is 23.3 Å². The van der Waals surface area contributed by atoms with Crippen molar-refractivity contribution in [2.75, 3.05) is 0 Å². The molecule has 5 nitrogen and oxygen atoms in total. The molecular formula is C17H20N4O. The number of imidazole rings is 1. The molecule has 3 aromatic rings. The van der Waals surface area contributed by atoms with Crippen molar-refractivity contribution in [2.24, 2.45) is 11.8 Å². The highest BCUT2D eigenvalue weighted by Crippen LogP contribution is 2.47. The molecule has 0 saturated heterocycles. The van der Waals surface area contributed by atoms with Crippen LogP contribution in [-0.2, 0) is 0 Å². The Bertz CT molecular complexity index is 880. The Hall–Kier alpha value is -2.04. The van der Waals surface area contributed by atoms with Gasteiger partial charge < -0.3 is 9.97 Å². The van der Waals surface area contributed by atoms with Crippen molar-refractivity contribution in [3.8, 4) is 0 Å². The molecule has 3 aromatic heterocycles. The monoisotopic (exact) mass is 296 g/mol. The molecule has 2 saturated carbocycles. The van der Waals surface area contributed by atoms with Crippen LogP contribution in [0.4, 0.5) is 0 Å². The molecule has 0 radical (unpaired) electrons. The molecule has 22 heavy (non-hydrogen) atoms. The highest BCUT2D eigenvalue weighted by molar-refractivity contribution is 6.00. The number of hydrogen-bond acceptors (Lipinski definition) is 2. The van der Waals surface area contributed by atoms with E-state index < -0.39 is 0 Å².